The molecule has 0 aromatic rings. The van der Waals surface area contributed by atoms with Crippen LogP contribution in [0.5, 0.6) is 0 Å². The second-order valence-electron chi connectivity index (χ2n) is 8.82. The number of ether oxygens (including phenoxy) is 5. The summed E-state index contributed by atoms with van der Waals surface area (Å²) in [5.74, 6) is 0.0236. The van der Waals surface area contributed by atoms with Crippen molar-refractivity contribution in [2.45, 2.75) is 47.5 Å². The van der Waals surface area contributed by atoms with Crippen molar-refractivity contribution in [2.75, 3.05) is 79.2 Å². The van der Waals surface area contributed by atoms with Crippen molar-refractivity contribution in [3.05, 3.63) is 0 Å². The largest absolute Gasteiger partial charge is 0.377 e. The van der Waals surface area contributed by atoms with Crippen LogP contribution in [0.25, 0.3) is 0 Å². The van der Waals surface area contributed by atoms with E-state index in [-0.39, 0.29) is 29.8 Å². The average Bonchev–Trinajstić information content (AvgIpc) is 2.73. The zero-order valence-electron chi connectivity index (χ0n) is 20.8. The molecule has 190 valence electrons. The average molecular weight is 463 g/mol. The normalized spacial score (nSPS) is 12.5. The second kappa shape index (κ2) is 20.4. The third-order valence-electron chi connectivity index (χ3n) is 4.25. The summed E-state index contributed by atoms with van der Waals surface area (Å²) in [5, 5.41) is 5.69. The highest BCUT2D eigenvalue weighted by Gasteiger charge is 2.12. The predicted octanol–water partition coefficient (Wildman–Crippen LogP) is 1.78. The van der Waals surface area contributed by atoms with Crippen molar-refractivity contribution in [3.8, 4) is 0 Å². The van der Waals surface area contributed by atoms with Gasteiger partial charge < -0.3 is 34.3 Å². The third kappa shape index (κ3) is 22.0. The number of hydrogen-bond donors (Lipinski definition) is 2. The maximum absolute atomic E-state index is 11.7. The zero-order chi connectivity index (χ0) is 24.1. The van der Waals surface area contributed by atoms with E-state index in [1.807, 2.05) is 6.92 Å². The van der Waals surface area contributed by atoms with Crippen molar-refractivity contribution in [1.82, 2.24) is 10.6 Å². The van der Waals surface area contributed by atoms with E-state index < -0.39 is 0 Å². The second-order valence-corrected chi connectivity index (χ2v) is 8.82. The van der Waals surface area contributed by atoms with Gasteiger partial charge in [-0.2, -0.15) is 0 Å². The Hall–Kier alpha value is -1.26. The molecule has 0 aromatic carbocycles. The fourth-order valence-electron chi connectivity index (χ4n) is 2.44. The van der Waals surface area contributed by atoms with Gasteiger partial charge in [-0.05, 0) is 11.8 Å². The summed E-state index contributed by atoms with van der Waals surface area (Å²) in [6.07, 6.45) is 1.91. The first-order chi connectivity index (χ1) is 15.3. The van der Waals surface area contributed by atoms with Gasteiger partial charge in [-0.25, -0.2) is 0 Å². The molecule has 0 heterocycles. The van der Waals surface area contributed by atoms with Gasteiger partial charge in [0, 0.05) is 19.0 Å². The standard InChI is InChI=1S/C23H46N2O7/c1-6-7-20(2)22(27)24-8-9-28-10-11-29-12-13-30-14-15-31-16-17-32-18-21(26)25-19-23(3,4)5/h20H,6-19H2,1-5H3,(H,24,27)(H,25,26). The molecule has 0 fully saturated rings. The lowest BCUT2D eigenvalue weighted by atomic mass is 9.97. The first kappa shape index (κ1) is 30.7. The van der Waals surface area contributed by atoms with Gasteiger partial charge >= 0.3 is 0 Å². The van der Waals surface area contributed by atoms with Gasteiger partial charge in [0.25, 0.3) is 0 Å². The molecular weight excluding hydrogens is 416 g/mol. The number of hydrogen-bond acceptors (Lipinski definition) is 7. The van der Waals surface area contributed by atoms with Crippen LogP contribution in [0.4, 0.5) is 0 Å². The van der Waals surface area contributed by atoms with E-state index in [0.717, 1.165) is 12.8 Å². The molecule has 9 nitrogen and oxygen atoms in total. The van der Waals surface area contributed by atoms with E-state index in [9.17, 15) is 9.59 Å². The third-order valence-corrected chi connectivity index (χ3v) is 4.25. The lowest BCUT2D eigenvalue weighted by molar-refractivity contribution is -0.127. The van der Waals surface area contributed by atoms with Crippen LogP contribution < -0.4 is 10.6 Å². The van der Waals surface area contributed by atoms with E-state index in [0.29, 0.717) is 72.6 Å². The Bertz CT molecular complexity index is 470. The van der Waals surface area contributed by atoms with Crippen LogP contribution in [0.1, 0.15) is 47.5 Å². The first-order valence-electron chi connectivity index (χ1n) is 11.7. The summed E-state index contributed by atoms with van der Waals surface area (Å²) in [7, 11) is 0. The summed E-state index contributed by atoms with van der Waals surface area (Å²) in [6, 6.07) is 0. The van der Waals surface area contributed by atoms with E-state index in [4.69, 9.17) is 23.7 Å². The molecular formula is C23H46N2O7. The molecule has 32 heavy (non-hydrogen) atoms. The van der Waals surface area contributed by atoms with Crippen molar-refractivity contribution < 1.29 is 33.3 Å². The van der Waals surface area contributed by atoms with Crippen molar-refractivity contribution in [1.29, 1.82) is 0 Å². The Balaban J connectivity index is 3.24. The summed E-state index contributed by atoms with van der Waals surface area (Å²) in [4.78, 5) is 23.3. The van der Waals surface area contributed by atoms with Gasteiger partial charge in [0.05, 0.1) is 59.5 Å². The molecule has 0 aromatic heterocycles. The minimum atomic E-state index is -0.113. The highest BCUT2D eigenvalue weighted by Crippen LogP contribution is 2.09. The maximum atomic E-state index is 11.7. The molecule has 9 heteroatoms. The number of amides is 2. The molecule has 2 amide bonds. The number of nitrogens with one attached hydrogen (secondary N) is 2. The smallest absolute Gasteiger partial charge is 0.246 e. The van der Waals surface area contributed by atoms with Crippen LogP contribution in [0.2, 0.25) is 0 Å². The van der Waals surface area contributed by atoms with Crippen molar-refractivity contribution >= 4 is 11.8 Å². The molecule has 1 unspecified atom stereocenters. The van der Waals surface area contributed by atoms with Gasteiger partial charge in [0.1, 0.15) is 6.61 Å². The van der Waals surface area contributed by atoms with Gasteiger partial charge in [-0.1, -0.05) is 41.0 Å². The highest BCUT2D eigenvalue weighted by atomic mass is 16.6. The topological polar surface area (TPSA) is 104 Å². The van der Waals surface area contributed by atoms with Crippen molar-refractivity contribution in [3.63, 3.8) is 0 Å². The maximum Gasteiger partial charge on any atom is 0.246 e. The molecule has 0 aliphatic carbocycles. The first-order valence-corrected chi connectivity index (χ1v) is 11.7. The van der Waals surface area contributed by atoms with Crippen molar-refractivity contribution in [2.24, 2.45) is 11.3 Å². The van der Waals surface area contributed by atoms with Crippen LogP contribution in [0.3, 0.4) is 0 Å². The summed E-state index contributed by atoms with van der Waals surface area (Å²) < 4.78 is 26.9. The molecule has 0 rings (SSSR count). The fraction of sp³-hybridized carbons (Fsp3) is 0.913. The zero-order valence-corrected chi connectivity index (χ0v) is 20.8. The van der Waals surface area contributed by atoms with Gasteiger partial charge in [-0.3, -0.25) is 9.59 Å². The Morgan fingerprint density at radius 1 is 0.750 bits per heavy atom. The van der Waals surface area contributed by atoms with Crippen LogP contribution in [0, 0.1) is 11.3 Å². The van der Waals surface area contributed by atoms with E-state index in [1.54, 1.807) is 0 Å². The lowest BCUT2D eigenvalue weighted by Crippen LogP contribution is -2.34. The number of carbonyl (C=O) groups is 2. The fourth-order valence-corrected chi connectivity index (χ4v) is 2.44. The van der Waals surface area contributed by atoms with Crippen LogP contribution >= 0.6 is 0 Å². The minimum Gasteiger partial charge on any atom is -0.377 e. The molecule has 0 saturated heterocycles. The molecule has 0 aliphatic heterocycles. The lowest BCUT2D eigenvalue weighted by Gasteiger charge is -2.18. The van der Waals surface area contributed by atoms with Gasteiger partial charge in [0.15, 0.2) is 0 Å². The quantitative estimate of drug-likeness (QED) is 0.251. The van der Waals surface area contributed by atoms with Crippen LogP contribution in [-0.4, -0.2) is 91.0 Å². The highest BCUT2D eigenvalue weighted by molar-refractivity contribution is 5.78. The SMILES string of the molecule is CCCC(C)C(=O)NCCOCCOCCOCCOCCOCC(=O)NCC(C)(C)C. The molecule has 0 radical (unpaired) electrons. The van der Waals surface area contributed by atoms with Gasteiger partial charge in [0.2, 0.25) is 11.8 Å². The molecule has 0 saturated carbocycles. The Morgan fingerprint density at radius 2 is 1.22 bits per heavy atom. The summed E-state index contributed by atoms with van der Waals surface area (Å²) in [6.45, 7) is 15.5. The number of carbonyl (C=O) groups excluding carboxylic acids is 2. The van der Waals surface area contributed by atoms with E-state index in [2.05, 4.69) is 38.3 Å². The molecule has 0 spiro atoms. The molecule has 2 N–H and O–H groups in total. The van der Waals surface area contributed by atoms with E-state index in [1.165, 1.54) is 0 Å². The van der Waals surface area contributed by atoms with Crippen LogP contribution in [0.15, 0.2) is 0 Å². The Morgan fingerprint density at radius 3 is 1.69 bits per heavy atom. The summed E-state index contributed by atoms with van der Waals surface area (Å²) >= 11 is 0. The monoisotopic (exact) mass is 462 g/mol. The Kier molecular flexibility index (Phi) is 19.6. The molecule has 0 bridgehead atoms. The van der Waals surface area contributed by atoms with Crippen LogP contribution in [-0.2, 0) is 33.3 Å². The predicted molar refractivity (Wildman–Crippen MR) is 124 cm³/mol. The number of rotatable bonds is 21. The van der Waals surface area contributed by atoms with E-state index >= 15 is 0 Å². The molecule has 0 aliphatic rings. The van der Waals surface area contributed by atoms with Gasteiger partial charge in [-0.15, -0.1) is 0 Å². The molecule has 1 atom stereocenters. The minimum absolute atomic E-state index is 0.0454. The summed E-state index contributed by atoms with van der Waals surface area (Å²) in [5.41, 5.74) is 0.0598. The Labute approximate surface area is 194 Å².